The summed E-state index contributed by atoms with van der Waals surface area (Å²) in [6, 6.07) is 6.48. The number of benzene rings is 1. The van der Waals surface area contributed by atoms with Gasteiger partial charge in [-0.15, -0.1) is 11.3 Å². The van der Waals surface area contributed by atoms with E-state index in [-0.39, 0.29) is 30.8 Å². The van der Waals surface area contributed by atoms with E-state index < -0.39 is 17.8 Å². The molecule has 2 N–H and O–H groups in total. The summed E-state index contributed by atoms with van der Waals surface area (Å²) in [6.45, 7) is 1.81. The second kappa shape index (κ2) is 11.1. The largest absolute Gasteiger partial charge is 0.419 e. The summed E-state index contributed by atoms with van der Waals surface area (Å²) in [7, 11) is 0. The number of carbonyl (C=O) groups excluding carboxylic acids is 2. The van der Waals surface area contributed by atoms with Gasteiger partial charge in [0.1, 0.15) is 0 Å². The van der Waals surface area contributed by atoms with Gasteiger partial charge in [-0.1, -0.05) is 0 Å². The van der Waals surface area contributed by atoms with Crippen LogP contribution in [0.2, 0.25) is 0 Å². The number of anilines is 1. The molecule has 1 saturated heterocycles. The maximum Gasteiger partial charge on any atom is 0.419 e. The lowest BCUT2D eigenvalue weighted by Crippen LogP contribution is -2.53. The number of aliphatic hydroxyl groups excluding tert-OH is 1. The molecule has 1 unspecified atom stereocenters. The van der Waals surface area contributed by atoms with Crippen molar-refractivity contribution in [2.45, 2.75) is 18.6 Å². The second-order valence-electron chi connectivity index (χ2n) is 8.98. The van der Waals surface area contributed by atoms with Crippen LogP contribution in [-0.2, 0) is 11.0 Å². The fourth-order valence-electron chi connectivity index (χ4n) is 4.48. The monoisotopic (exact) mass is 559 g/mol. The molecule has 0 radical (unpaired) electrons. The highest BCUT2D eigenvalue weighted by atomic mass is 32.1. The zero-order valence-electron chi connectivity index (χ0n) is 20.5. The number of amides is 2. The van der Waals surface area contributed by atoms with Crippen molar-refractivity contribution in [1.82, 2.24) is 29.3 Å². The number of nitrogens with zero attached hydrogens (tertiary/aromatic N) is 6. The average molecular weight is 560 g/mol. The maximum atomic E-state index is 12.8. The minimum atomic E-state index is -4.52. The van der Waals surface area contributed by atoms with Gasteiger partial charge in [-0.25, -0.2) is 15.0 Å². The van der Waals surface area contributed by atoms with Gasteiger partial charge < -0.3 is 15.3 Å². The number of hydrogen-bond donors (Lipinski definition) is 2. The third-order valence-corrected chi connectivity index (χ3v) is 7.28. The lowest BCUT2D eigenvalue weighted by atomic mass is 10.1. The summed E-state index contributed by atoms with van der Waals surface area (Å²) in [5, 5.41) is 15.7. The number of alkyl halides is 3. The number of thiazole rings is 1. The molecule has 0 bridgehead atoms. The summed E-state index contributed by atoms with van der Waals surface area (Å²) in [4.78, 5) is 40.7. The number of aliphatic hydroxyl groups is 1. The highest BCUT2D eigenvalue weighted by Crippen LogP contribution is 2.29. The summed E-state index contributed by atoms with van der Waals surface area (Å²) in [5.41, 5.74) is 0.264. The molecule has 0 aliphatic carbocycles. The van der Waals surface area contributed by atoms with Crippen molar-refractivity contribution < 1.29 is 27.9 Å². The molecule has 1 aromatic carbocycles. The molecule has 204 valence electrons. The topological polar surface area (TPSA) is 116 Å². The first-order valence-electron chi connectivity index (χ1n) is 12.1. The SMILES string of the molecule is O=C(CC(CO)N1CCN(C(=O)c2nccs2)CC1)Nc1ccc2c(ccn2-c2ncc(C(F)(F)F)cn2)c1. The van der Waals surface area contributed by atoms with Gasteiger partial charge in [-0.2, -0.15) is 13.2 Å². The van der Waals surface area contributed by atoms with E-state index in [0.29, 0.717) is 42.4 Å². The predicted molar refractivity (Wildman–Crippen MR) is 138 cm³/mol. The summed E-state index contributed by atoms with van der Waals surface area (Å²) in [6.07, 6.45) is 0.247. The second-order valence-corrected chi connectivity index (χ2v) is 9.88. The van der Waals surface area contributed by atoms with Crippen LogP contribution in [0.5, 0.6) is 0 Å². The minimum absolute atomic E-state index is 0.0649. The van der Waals surface area contributed by atoms with E-state index in [4.69, 9.17) is 0 Å². The predicted octanol–water partition coefficient (Wildman–Crippen LogP) is 3.04. The summed E-state index contributed by atoms with van der Waals surface area (Å²) < 4.78 is 40.0. The highest BCUT2D eigenvalue weighted by Gasteiger charge is 2.31. The zero-order chi connectivity index (χ0) is 27.6. The van der Waals surface area contributed by atoms with Crippen molar-refractivity contribution in [2.24, 2.45) is 0 Å². The quantitative estimate of drug-likeness (QED) is 0.358. The molecule has 0 spiro atoms. The van der Waals surface area contributed by atoms with Crippen molar-refractivity contribution in [2.75, 3.05) is 38.1 Å². The Labute approximate surface area is 224 Å². The first-order chi connectivity index (χ1) is 18.7. The van der Waals surface area contributed by atoms with Crippen molar-refractivity contribution in [1.29, 1.82) is 0 Å². The van der Waals surface area contributed by atoms with Gasteiger partial charge in [-0.05, 0) is 24.3 Å². The average Bonchev–Trinajstić information content (AvgIpc) is 3.61. The van der Waals surface area contributed by atoms with Crippen LogP contribution in [0.15, 0.2) is 54.4 Å². The Kier molecular flexibility index (Phi) is 7.59. The fraction of sp³-hybridized carbons (Fsp3) is 0.320. The number of aromatic nitrogens is 4. The molecule has 5 rings (SSSR count). The van der Waals surface area contributed by atoms with E-state index in [1.807, 2.05) is 4.90 Å². The van der Waals surface area contributed by atoms with Gasteiger partial charge in [0, 0.05) is 79.9 Å². The van der Waals surface area contributed by atoms with Crippen molar-refractivity contribution in [3.05, 3.63) is 65.0 Å². The molecule has 1 aliphatic rings. The smallest absolute Gasteiger partial charge is 0.395 e. The number of halogens is 3. The molecule has 1 atom stereocenters. The highest BCUT2D eigenvalue weighted by molar-refractivity contribution is 7.11. The molecule has 4 aromatic rings. The van der Waals surface area contributed by atoms with E-state index in [1.165, 1.54) is 11.3 Å². The number of rotatable bonds is 7. The van der Waals surface area contributed by atoms with Gasteiger partial charge in [0.25, 0.3) is 5.91 Å². The number of carbonyl (C=O) groups is 2. The Hall–Kier alpha value is -3.88. The number of hydrogen-bond acceptors (Lipinski definition) is 8. The number of nitrogens with one attached hydrogen (secondary N) is 1. The fourth-order valence-corrected chi connectivity index (χ4v) is 5.08. The Morgan fingerprint density at radius 3 is 2.46 bits per heavy atom. The molecule has 39 heavy (non-hydrogen) atoms. The first-order valence-corrected chi connectivity index (χ1v) is 12.9. The van der Waals surface area contributed by atoms with E-state index in [1.54, 1.807) is 51.5 Å². The first kappa shape index (κ1) is 26.7. The van der Waals surface area contributed by atoms with Gasteiger partial charge in [-0.3, -0.25) is 19.1 Å². The number of fused-ring (bicyclic) bond motifs is 1. The van der Waals surface area contributed by atoms with Crippen LogP contribution in [0.3, 0.4) is 0 Å². The molecule has 0 saturated carbocycles. The van der Waals surface area contributed by atoms with Crippen molar-refractivity contribution >= 4 is 39.7 Å². The zero-order valence-corrected chi connectivity index (χ0v) is 21.3. The Balaban J connectivity index is 1.19. The van der Waals surface area contributed by atoms with E-state index in [2.05, 4.69) is 20.3 Å². The Bertz CT molecular complexity index is 1450. The van der Waals surface area contributed by atoms with Gasteiger partial charge in [0.2, 0.25) is 11.9 Å². The normalized spacial score (nSPS) is 15.4. The number of piperazine rings is 1. The third kappa shape index (κ3) is 5.92. The molecule has 2 amide bonds. The van der Waals surface area contributed by atoms with Crippen LogP contribution in [0.25, 0.3) is 16.9 Å². The lowest BCUT2D eigenvalue weighted by Gasteiger charge is -2.38. The van der Waals surface area contributed by atoms with Crippen molar-refractivity contribution in [3.8, 4) is 5.95 Å². The van der Waals surface area contributed by atoms with Crippen LogP contribution in [0.4, 0.5) is 18.9 Å². The lowest BCUT2D eigenvalue weighted by molar-refractivity contribution is -0.138. The molecule has 4 heterocycles. The molecule has 1 aliphatic heterocycles. The Morgan fingerprint density at radius 2 is 1.82 bits per heavy atom. The van der Waals surface area contributed by atoms with E-state index in [0.717, 1.165) is 17.8 Å². The van der Waals surface area contributed by atoms with Gasteiger partial charge >= 0.3 is 6.18 Å². The molecule has 14 heteroatoms. The minimum Gasteiger partial charge on any atom is -0.395 e. The van der Waals surface area contributed by atoms with Crippen molar-refractivity contribution in [3.63, 3.8) is 0 Å². The standard InChI is InChI=1S/C25H24F3N7O3S/c26-25(27,28)17-13-30-24(31-14-17)35-5-3-16-11-18(1-2-20(16)35)32-21(37)12-19(15-36)33-6-8-34(9-7-33)23(38)22-29-4-10-39-22/h1-5,10-11,13-14,19,36H,6-9,12,15H2,(H,32,37). The third-order valence-electron chi connectivity index (χ3n) is 6.52. The van der Waals surface area contributed by atoms with Crippen LogP contribution >= 0.6 is 11.3 Å². The van der Waals surface area contributed by atoms with Crippen LogP contribution in [0, 0.1) is 0 Å². The maximum absolute atomic E-state index is 12.8. The molecular weight excluding hydrogens is 535 g/mol. The van der Waals surface area contributed by atoms with Crippen LogP contribution in [0.1, 0.15) is 21.8 Å². The van der Waals surface area contributed by atoms with E-state index in [9.17, 15) is 27.9 Å². The summed E-state index contributed by atoms with van der Waals surface area (Å²) >= 11 is 1.29. The Morgan fingerprint density at radius 1 is 1.08 bits per heavy atom. The van der Waals surface area contributed by atoms with Crippen LogP contribution < -0.4 is 5.32 Å². The molecule has 1 fully saturated rings. The molecule has 10 nitrogen and oxygen atoms in total. The van der Waals surface area contributed by atoms with E-state index >= 15 is 0 Å². The van der Waals surface area contributed by atoms with Crippen LogP contribution in [-0.4, -0.2) is 85.1 Å². The van der Waals surface area contributed by atoms with Gasteiger partial charge in [0.15, 0.2) is 5.01 Å². The van der Waals surface area contributed by atoms with Gasteiger partial charge in [0.05, 0.1) is 17.7 Å². The molecule has 3 aromatic heterocycles. The molecular formula is C25H24F3N7O3S. The summed E-state index contributed by atoms with van der Waals surface area (Å²) in [5.74, 6) is -0.300.